The molecule has 3 atom stereocenters. The number of hydrogen-bond donors (Lipinski definition) is 1. The molecule has 30 heavy (non-hydrogen) atoms. The van der Waals surface area contributed by atoms with Gasteiger partial charge in [0.05, 0.1) is 19.3 Å². The Hall–Kier alpha value is -2.83. The fourth-order valence-electron chi connectivity index (χ4n) is 2.76. The Kier molecular flexibility index (Phi) is 8.45. The molecule has 0 aliphatic rings. The molecule has 2 rings (SSSR count). The van der Waals surface area contributed by atoms with Gasteiger partial charge in [-0.05, 0) is 32.1 Å². The molecule has 0 radical (unpaired) electrons. The lowest BCUT2D eigenvalue weighted by atomic mass is 10.1. The standard InChI is InChI=1S/C24H30O6/c1-6-23(25)29-15-17(3)14-27-21-12-13-22(20-11-9-8-10-19(20)21)28-16-18(4)30-24(5,26)7-2/h6-13,17-18,26H,1-2,14-16H2,3-5H3. The van der Waals surface area contributed by atoms with Gasteiger partial charge in [-0.3, -0.25) is 0 Å². The molecule has 3 unspecified atom stereocenters. The second-order valence-electron chi connectivity index (χ2n) is 7.36. The van der Waals surface area contributed by atoms with Crippen LogP contribution in [0.15, 0.2) is 61.7 Å². The summed E-state index contributed by atoms with van der Waals surface area (Å²) in [7, 11) is 0. The highest BCUT2D eigenvalue weighted by molar-refractivity contribution is 5.93. The van der Waals surface area contributed by atoms with Crippen LogP contribution in [0.4, 0.5) is 0 Å². The summed E-state index contributed by atoms with van der Waals surface area (Å²) in [5, 5.41) is 11.8. The molecule has 0 aliphatic carbocycles. The van der Waals surface area contributed by atoms with E-state index < -0.39 is 11.8 Å². The van der Waals surface area contributed by atoms with E-state index in [4.69, 9.17) is 18.9 Å². The molecule has 0 amide bonds. The zero-order chi connectivity index (χ0) is 22.1. The summed E-state index contributed by atoms with van der Waals surface area (Å²) < 4.78 is 22.5. The maximum absolute atomic E-state index is 11.2. The lowest BCUT2D eigenvalue weighted by molar-refractivity contribution is -0.185. The number of fused-ring (bicyclic) bond motifs is 1. The van der Waals surface area contributed by atoms with Gasteiger partial charge in [0.2, 0.25) is 0 Å². The number of aliphatic hydroxyl groups is 1. The fourth-order valence-corrected chi connectivity index (χ4v) is 2.76. The molecule has 6 nitrogen and oxygen atoms in total. The van der Waals surface area contributed by atoms with Crippen molar-refractivity contribution in [3.05, 3.63) is 61.7 Å². The van der Waals surface area contributed by atoms with E-state index in [0.29, 0.717) is 12.4 Å². The molecular formula is C24H30O6. The normalized spacial score (nSPS) is 14.9. The first-order valence-corrected chi connectivity index (χ1v) is 9.86. The maximum Gasteiger partial charge on any atom is 0.330 e. The molecule has 0 aliphatic heterocycles. The number of rotatable bonds is 12. The van der Waals surface area contributed by atoms with E-state index in [1.54, 1.807) is 0 Å². The van der Waals surface area contributed by atoms with Gasteiger partial charge in [0, 0.05) is 22.8 Å². The first-order valence-electron chi connectivity index (χ1n) is 9.86. The smallest absolute Gasteiger partial charge is 0.330 e. The fraction of sp³-hybridized carbons (Fsp3) is 0.375. The van der Waals surface area contributed by atoms with Crippen molar-refractivity contribution in [3.8, 4) is 11.5 Å². The lowest BCUT2D eigenvalue weighted by Gasteiger charge is -2.24. The van der Waals surface area contributed by atoms with Gasteiger partial charge in [0.25, 0.3) is 0 Å². The lowest BCUT2D eigenvalue weighted by Crippen LogP contribution is -2.32. The quantitative estimate of drug-likeness (QED) is 0.242. The van der Waals surface area contributed by atoms with Crippen LogP contribution in [0, 0.1) is 5.92 Å². The maximum atomic E-state index is 11.2. The largest absolute Gasteiger partial charge is 0.493 e. The zero-order valence-electron chi connectivity index (χ0n) is 17.8. The van der Waals surface area contributed by atoms with E-state index in [-0.39, 0.29) is 25.2 Å². The third kappa shape index (κ3) is 6.90. The van der Waals surface area contributed by atoms with Crippen LogP contribution in [0.1, 0.15) is 20.8 Å². The molecule has 0 saturated heterocycles. The Morgan fingerprint density at radius 3 is 2.13 bits per heavy atom. The van der Waals surface area contributed by atoms with Crippen LogP contribution in [0.5, 0.6) is 11.5 Å². The van der Waals surface area contributed by atoms with Gasteiger partial charge >= 0.3 is 5.97 Å². The first-order chi connectivity index (χ1) is 14.3. The summed E-state index contributed by atoms with van der Waals surface area (Å²) in [6, 6.07) is 11.5. The average molecular weight is 414 g/mol. The van der Waals surface area contributed by atoms with Crippen LogP contribution >= 0.6 is 0 Å². The molecule has 1 N–H and O–H groups in total. The summed E-state index contributed by atoms with van der Waals surface area (Å²) in [6.45, 7) is 13.1. The van der Waals surface area contributed by atoms with Crippen molar-refractivity contribution in [2.75, 3.05) is 19.8 Å². The van der Waals surface area contributed by atoms with Crippen molar-refractivity contribution >= 4 is 16.7 Å². The van der Waals surface area contributed by atoms with Crippen molar-refractivity contribution in [3.63, 3.8) is 0 Å². The summed E-state index contributed by atoms with van der Waals surface area (Å²) in [6.07, 6.45) is 2.14. The minimum absolute atomic E-state index is 0.0271. The first kappa shape index (κ1) is 23.4. The number of hydrogen-bond acceptors (Lipinski definition) is 6. The zero-order valence-corrected chi connectivity index (χ0v) is 17.8. The van der Waals surface area contributed by atoms with E-state index >= 15 is 0 Å². The Balaban J connectivity index is 2.04. The van der Waals surface area contributed by atoms with Gasteiger partial charge in [-0.1, -0.05) is 44.3 Å². The van der Waals surface area contributed by atoms with Gasteiger partial charge < -0.3 is 24.1 Å². The predicted octanol–water partition coefficient (Wildman–Crippen LogP) is 4.26. The van der Waals surface area contributed by atoms with Crippen LogP contribution in [0.2, 0.25) is 0 Å². The van der Waals surface area contributed by atoms with Gasteiger partial charge in [-0.2, -0.15) is 0 Å². The predicted molar refractivity (Wildman–Crippen MR) is 117 cm³/mol. The highest BCUT2D eigenvalue weighted by Crippen LogP contribution is 2.33. The third-order valence-corrected chi connectivity index (χ3v) is 4.34. The summed E-state index contributed by atoms with van der Waals surface area (Å²) in [4.78, 5) is 11.2. The van der Waals surface area contributed by atoms with Gasteiger partial charge in [0.15, 0.2) is 5.79 Å². The van der Waals surface area contributed by atoms with Crippen molar-refractivity contribution in [2.45, 2.75) is 32.7 Å². The SMILES string of the molecule is C=CC(=O)OCC(C)COc1ccc(OCC(C)OC(C)(O)C=C)c2ccccc12. The summed E-state index contributed by atoms with van der Waals surface area (Å²) in [5.41, 5.74) is 0. The molecule has 0 spiro atoms. The van der Waals surface area contributed by atoms with E-state index in [1.165, 1.54) is 13.0 Å². The highest BCUT2D eigenvalue weighted by atomic mass is 16.6. The number of carbonyl (C=O) groups is 1. The second kappa shape index (κ2) is 10.8. The molecule has 0 fully saturated rings. The van der Waals surface area contributed by atoms with Gasteiger partial charge in [0.1, 0.15) is 18.1 Å². The molecule has 6 heteroatoms. The Bertz CT molecular complexity index is 873. The molecule has 2 aromatic carbocycles. The number of carbonyl (C=O) groups excluding carboxylic acids is 1. The van der Waals surface area contributed by atoms with Crippen LogP contribution in [0.3, 0.4) is 0 Å². The molecular weight excluding hydrogens is 384 g/mol. The van der Waals surface area contributed by atoms with Crippen LogP contribution < -0.4 is 9.47 Å². The monoisotopic (exact) mass is 414 g/mol. The van der Waals surface area contributed by atoms with E-state index in [1.807, 2.05) is 50.2 Å². The van der Waals surface area contributed by atoms with E-state index in [2.05, 4.69) is 13.2 Å². The summed E-state index contributed by atoms with van der Waals surface area (Å²) >= 11 is 0. The highest BCUT2D eigenvalue weighted by Gasteiger charge is 2.20. The molecule has 0 saturated carbocycles. The van der Waals surface area contributed by atoms with Gasteiger partial charge in [-0.25, -0.2) is 4.79 Å². The molecule has 0 heterocycles. The Morgan fingerprint density at radius 2 is 1.60 bits per heavy atom. The van der Waals surface area contributed by atoms with Crippen molar-refractivity contribution in [1.82, 2.24) is 0 Å². The minimum atomic E-state index is -1.40. The number of benzene rings is 2. The Morgan fingerprint density at radius 1 is 1.03 bits per heavy atom. The summed E-state index contributed by atoms with van der Waals surface area (Å²) in [5.74, 6) is -0.404. The topological polar surface area (TPSA) is 74.2 Å². The molecule has 0 aromatic heterocycles. The van der Waals surface area contributed by atoms with Crippen LogP contribution in [-0.2, 0) is 14.3 Å². The van der Waals surface area contributed by atoms with Crippen molar-refractivity contribution in [1.29, 1.82) is 0 Å². The van der Waals surface area contributed by atoms with Crippen molar-refractivity contribution in [2.24, 2.45) is 5.92 Å². The second-order valence-corrected chi connectivity index (χ2v) is 7.36. The molecule has 2 aromatic rings. The number of esters is 1. The van der Waals surface area contributed by atoms with Gasteiger partial charge in [-0.15, -0.1) is 0 Å². The molecule has 162 valence electrons. The minimum Gasteiger partial charge on any atom is -0.493 e. The molecule has 0 bridgehead atoms. The van der Waals surface area contributed by atoms with Crippen molar-refractivity contribution < 1.29 is 28.8 Å². The third-order valence-electron chi connectivity index (χ3n) is 4.34. The van der Waals surface area contributed by atoms with E-state index in [0.717, 1.165) is 22.6 Å². The Labute approximate surface area is 177 Å². The average Bonchev–Trinajstić information content (AvgIpc) is 2.74. The number of ether oxygens (including phenoxy) is 4. The van der Waals surface area contributed by atoms with Crippen LogP contribution in [0.25, 0.3) is 10.8 Å². The van der Waals surface area contributed by atoms with Crippen LogP contribution in [-0.4, -0.2) is 42.8 Å². The van der Waals surface area contributed by atoms with E-state index in [9.17, 15) is 9.90 Å².